The van der Waals surface area contributed by atoms with Gasteiger partial charge in [-0.1, -0.05) is 24.4 Å². The van der Waals surface area contributed by atoms with Crippen molar-refractivity contribution in [2.45, 2.75) is 0 Å². The summed E-state index contributed by atoms with van der Waals surface area (Å²) < 4.78 is 5.09. The molecule has 0 spiro atoms. The fourth-order valence-corrected chi connectivity index (χ4v) is 1.69. The van der Waals surface area contributed by atoms with Crippen molar-refractivity contribution < 1.29 is 4.74 Å². The summed E-state index contributed by atoms with van der Waals surface area (Å²) in [5, 5.41) is 8.81. The molecule has 0 aromatic rings. The normalized spacial score (nSPS) is 23.3. The lowest BCUT2D eigenvalue weighted by atomic mass is 9.93. The van der Waals surface area contributed by atoms with Crippen molar-refractivity contribution in [3.63, 3.8) is 0 Å². The van der Waals surface area contributed by atoms with Crippen molar-refractivity contribution in [2.24, 2.45) is 10.9 Å². The number of nitrogens with zero attached hydrogens (tertiary/aromatic N) is 2. The summed E-state index contributed by atoms with van der Waals surface area (Å²) in [6.45, 7) is 0. The number of hydrogen-bond donors (Lipinski definition) is 0. The number of hydrogen-bond acceptors (Lipinski definition) is 3. The molecule has 74 valence electrons. The van der Waals surface area contributed by atoms with Crippen molar-refractivity contribution >= 4 is 22.9 Å². The Labute approximate surface area is 93.1 Å². The number of ether oxygens (including phenoxy) is 1. The summed E-state index contributed by atoms with van der Waals surface area (Å²) in [5.74, 6) is 0.798. The molecular weight excluding hydrogens is 208 g/mol. The van der Waals surface area contributed by atoms with Gasteiger partial charge in [0.25, 0.3) is 0 Å². The minimum absolute atomic E-state index is 0.0465. The van der Waals surface area contributed by atoms with E-state index in [1.807, 2.05) is 30.4 Å². The molecule has 0 bridgehead atoms. The first-order chi connectivity index (χ1) is 7.24. The second kappa shape index (κ2) is 3.79. The first-order valence-electron chi connectivity index (χ1n) is 4.43. The van der Waals surface area contributed by atoms with Crippen LogP contribution in [-0.2, 0) is 4.74 Å². The van der Waals surface area contributed by atoms with E-state index >= 15 is 0 Å². The van der Waals surface area contributed by atoms with E-state index in [2.05, 4.69) is 4.99 Å². The Bertz CT molecular complexity index is 477. The van der Waals surface area contributed by atoms with Crippen molar-refractivity contribution in [2.75, 3.05) is 7.11 Å². The lowest BCUT2D eigenvalue weighted by Gasteiger charge is -2.18. The highest BCUT2D eigenvalue weighted by atomic mass is 32.1. The molecule has 0 fully saturated rings. The first kappa shape index (κ1) is 9.81. The maximum absolute atomic E-state index is 8.81. The molecule has 1 unspecified atom stereocenters. The molecular formula is C11H8N2OS. The van der Waals surface area contributed by atoms with Crippen molar-refractivity contribution in [1.82, 2.24) is 0 Å². The maximum atomic E-state index is 8.81. The van der Waals surface area contributed by atoms with E-state index < -0.39 is 0 Å². The number of allylic oxidation sites excluding steroid dienone is 4. The van der Waals surface area contributed by atoms with E-state index in [1.165, 1.54) is 0 Å². The second-order valence-electron chi connectivity index (χ2n) is 3.17. The maximum Gasteiger partial charge on any atom is 0.143 e. The molecule has 0 radical (unpaired) electrons. The highest BCUT2D eigenvalue weighted by Crippen LogP contribution is 2.22. The molecule has 0 aromatic carbocycles. The molecule has 3 nitrogen and oxygen atoms in total. The molecule has 2 rings (SSSR count). The summed E-state index contributed by atoms with van der Waals surface area (Å²) in [7, 11) is 1.61. The van der Waals surface area contributed by atoms with Crippen LogP contribution in [0.1, 0.15) is 0 Å². The van der Waals surface area contributed by atoms with Crippen LogP contribution >= 0.6 is 12.2 Å². The number of thiocarbonyl (C=S) groups is 1. The third kappa shape index (κ3) is 1.74. The smallest absolute Gasteiger partial charge is 0.143 e. The van der Waals surface area contributed by atoms with Crippen LogP contribution < -0.4 is 0 Å². The third-order valence-electron chi connectivity index (χ3n) is 2.26. The molecule has 0 amide bonds. The number of fused-ring (bicyclic) bond motifs is 1. The van der Waals surface area contributed by atoms with Crippen molar-refractivity contribution in [3.05, 3.63) is 35.6 Å². The molecule has 1 aliphatic carbocycles. The molecule has 0 saturated heterocycles. The Balaban J connectivity index is 2.37. The van der Waals surface area contributed by atoms with E-state index in [-0.39, 0.29) is 5.92 Å². The van der Waals surface area contributed by atoms with Gasteiger partial charge in [0, 0.05) is 12.0 Å². The Morgan fingerprint density at radius 2 is 2.40 bits per heavy atom. The van der Waals surface area contributed by atoms with Crippen LogP contribution in [0.2, 0.25) is 0 Å². The van der Waals surface area contributed by atoms with Gasteiger partial charge in [0.2, 0.25) is 0 Å². The topological polar surface area (TPSA) is 45.4 Å². The SMILES string of the molecule is COC1=CC2=NC(=S)C(C#N)=CC2C=C1. The van der Waals surface area contributed by atoms with Gasteiger partial charge in [0.1, 0.15) is 16.8 Å². The van der Waals surface area contributed by atoms with Gasteiger partial charge in [-0.2, -0.15) is 5.26 Å². The fourth-order valence-electron chi connectivity index (χ4n) is 1.48. The number of rotatable bonds is 1. The van der Waals surface area contributed by atoms with Gasteiger partial charge in [0.05, 0.1) is 18.4 Å². The lowest BCUT2D eigenvalue weighted by molar-refractivity contribution is 0.306. The Hall–Kier alpha value is -1.73. The van der Waals surface area contributed by atoms with Crippen LogP contribution in [0.15, 0.2) is 40.6 Å². The molecule has 4 heteroatoms. The standard InChI is InChI=1S/C11H8N2OS/c1-14-9-3-2-7-4-8(6-12)11(15)13-10(7)5-9/h2-5,7H,1H3. The Morgan fingerprint density at radius 1 is 1.60 bits per heavy atom. The lowest BCUT2D eigenvalue weighted by Crippen LogP contribution is -2.19. The minimum Gasteiger partial charge on any atom is -0.497 e. The number of nitriles is 1. The van der Waals surface area contributed by atoms with Gasteiger partial charge in [0.15, 0.2) is 0 Å². The molecule has 0 saturated carbocycles. The van der Waals surface area contributed by atoms with Gasteiger partial charge in [-0.25, -0.2) is 4.99 Å². The summed E-state index contributed by atoms with van der Waals surface area (Å²) in [4.78, 5) is 4.56. The van der Waals surface area contributed by atoms with Gasteiger partial charge < -0.3 is 4.74 Å². The molecule has 1 aliphatic heterocycles. The van der Waals surface area contributed by atoms with Crippen LogP contribution in [0.4, 0.5) is 0 Å². The average molecular weight is 216 g/mol. The van der Waals surface area contributed by atoms with Crippen LogP contribution in [0, 0.1) is 17.2 Å². The van der Waals surface area contributed by atoms with Crippen LogP contribution in [0.3, 0.4) is 0 Å². The van der Waals surface area contributed by atoms with E-state index in [4.69, 9.17) is 22.2 Å². The van der Waals surface area contributed by atoms with Gasteiger partial charge in [-0.15, -0.1) is 0 Å². The largest absolute Gasteiger partial charge is 0.497 e. The number of methoxy groups -OCH3 is 1. The second-order valence-corrected chi connectivity index (χ2v) is 3.56. The zero-order chi connectivity index (χ0) is 10.8. The van der Waals surface area contributed by atoms with E-state index in [9.17, 15) is 0 Å². The quantitative estimate of drug-likeness (QED) is 0.629. The summed E-state index contributed by atoms with van der Waals surface area (Å²) in [6, 6.07) is 2.04. The van der Waals surface area contributed by atoms with Gasteiger partial charge in [-0.3, -0.25) is 0 Å². The number of aliphatic imine (C=N–C) groups is 1. The molecule has 1 atom stereocenters. The van der Waals surface area contributed by atoms with Gasteiger partial charge in [-0.05, 0) is 6.08 Å². The minimum atomic E-state index is 0.0465. The van der Waals surface area contributed by atoms with Crippen molar-refractivity contribution in [3.8, 4) is 6.07 Å². The molecule has 0 aromatic heterocycles. The zero-order valence-electron chi connectivity index (χ0n) is 8.10. The predicted molar refractivity (Wildman–Crippen MR) is 61.5 cm³/mol. The molecule has 15 heavy (non-hydrogen) atoms. The van der Waals surface area contributed by atoms with Gasteiger partial charge >= 0.3 is 0 Å². The monoisotopic (exact) mass is 216 g/mol. The van der Waals surface area contributed by atoms with E-state index in [0.717, 1.165) is 11.5 Å². The summed E-state index contributed by atoms with van der Waals surface area (Å²) in [6.07, 6.45) is 7.46. The highest BCUT2D eigenvalue weighted by Gasteiger charge is 2.21. The summed E-state index contributed by atoms with van der Waals surface area (Å²) in [5.41, 5.74) is 1.30. The average Bonchev–Trinajstić information content (AvgIpc) is 2.27. The Morgan fingerprint density at radius 3 is 3.07 bits per heavy atom. The molecule has 1 heterocycles. The Kier molecular flexibility index (Phi) is 2.48. The predicted octanol–water partition coefficient (Wildman–Crippen LogP) is 1.93. The third-order valence-corrected chi connectivity index (χ3v) is 2.57. The van der Waals surface area contributed by atoms with Crippen LogP contribution in [0.25, 0.3) is 0 Å². The zero-order valence-corrected chi connectivity index (χ0v) is 8.91. The van der Waals surface area contributed by atoms with Crippen LogP contribution in [-0.4, -0.2) is 17.8 Å². The first-order valence-corrected chi connectivity index (χ1v) is 4.84. The molecule has 0 N–H and O–H groups in total. The highest BCUT2D eigenvalue weighted by molar-refractivity contribution is 7.80. The van der Waals surface area contributed by atoms with Crippen LogP contribution in [0.5, 0.6) is 0 Å². The molecule has 2 aliphatic rings. The number of dihydropyridines is 1. The fraction of sp³-hybridized carbons (Fsp3) is 0.182. The van der Waals surface area contributed by atoms with Crippen molar-refractivity contribution in [1.29, 1.82) is 5.26 Å². The van der Waals surface area contributed by atoms with E-state index in [0.29, 0.717) is 10.6 Å². The summed E-state index contributed by atoms with van der Waals surface area (Å²) >= 11 is 5.00. The van der Waals surface area contributed by atoms with E-state index in [1.54, 1.807) is 7.11 Å².